The maximum Gasteiger partial charge on any atom is 0.338 e. The van der Waals surface area contributed by atoms with Gasteiger partial charge in [-0.25, -0.2) is 4.79 Å². The van der Waals surface area contributed by atoms with Crippen molar-refractivity contribution in [2.24, 2.45) is 5.92 Å². The summed E-state index contributed by atoms with van der Waals surface area (Å²) in [5, 5.41) is 0.330. The van der Waals surface area contributed by atoms with E-state index in [4.69, 9.17) is 21.1 Å². The average Bonchev–Trinajstić information content (AvgIpc) is 2.90. The quantitative estimate of drug-likeness (QED) is 0.770. The number of ether oxygens (including phenoxy) is 2. The van der Waals surface area contributed by atoms with E-state index < -0.39 is 17.9 Å². The van der Waals surface area contributed by atoms with Crippen molar-refractivity contribution in [1.29, 1.82) is 0 Å². The van der Waals surface area contributed by atoms with Gasteiger partial charge in [-0.1, -0.05) is 11.6 Å². The van der Waals surface area contributed by atoms with Crippen molar-refractivity contribution in [2.45, 2.75) is 20.3 Å². The van der Waals surface area contributed by atoms with Crippen molar-refractivity contribution < 1.29 is 23.9 Å². The van der Waals surface area contributed by atoms with Crippen molar-refractivity contribution in [3.05, 3.63) is 28.8 Å². The van der Waals surface area contributed by atoms with E-state index in [1.165, 1.54) is 23.1 Å². The van der Waals surface area contributed by atoms with Crippen molar-refractivity contribution in [1.82, 2.24) is 0 Å². The third-order valence-corrected chi connectivity index (χ3v) is 3.81. The molecule has 0 radical (unpaired) electrons. The molecule has 1 heterocycles. The zero-order valence-corrected chi connectivity index (χ0v) is 13.8. The molecule has 0 spiro atoms. The van der Waals surface area contributed by atoms with Crippen LogP contribution < -0.4 is 4.90 Å². The largest absolute Gasteiger partial charge is 0.466 e. The molecule has 23 heavy (non-hydrogen) atoms. The minimum atomic E-state index is -0.523. The molecule has 1 aliphatic heterocycles. The van der Waals surface area contributed by atoms with Gasteiger partial charge in [0.25, 0.3) is 0 Å². The summed E-state index contributed by atoms with van der Waals surface area (Å²) in [7, 11) is 0. The number of carbonyl (C=O) groups excluding carboxylic acids is 3. The van der Waals surface area contributed by atoms with Gasteiger partial charge in [0.2, 0.25) is 5.91 Å². The SMILES string of the molecule is CCOC(=O)c1ccc(Cl)c(N2C[C@H](C(=O)OCC)CC2=O)c1. The Labute approximate surface area is 139 Å². The molecule has 0 N–H and O–H groups in total. The van der Waals surface area contributed by atoms with Crippen LogP contribution in [0.15, 0.2) is 18.2 Å². The van der Waals surface area contributed by atoms with Crippen LogP contribution in [0.3, 0.4) is 0 Å². The first kappa shape index (κ1) is 17.3. The molecule has 0 bridgehead atoms. The topological polar surface area (TPSA) is 72.9 Å². The average molecular weight is 340 g/mol. The lowest BCUT2D eigenvalue weighted by molar-refractivity contribution is -0.147. The number of esters is 2. The Hall–Kier alpha value is -2.08. The molecule has 7 heteroatoms. The Kier molecular flexibility index (Phi) is 5.60. The summed E-state index contributed by atoms with van der Waals surface area (Å²) in [5.41, 5.74) is 0.702. The van der Waals surface area contributed by atoms with Crippen LogP contribution in [0.2, 0.25) is 5.02 Å². The Balaban J connectivity index is 2.24. The lowest BCUT2D eigenvalue weighted by Crippen LogP contribution is -2.27. The minimum absolute atomic E-state index is 0.0683. The molecular weight excluding hydrogens is 322 g/mol. The second-order valence-corrected chi connectivity index (χ2v) is 5.45. The molecule has 1 aromatic carbocycles. The van der Waals surface area contributed by atoms with Crippen LogP contribution in [0.4, 0.5) is 5.69 Å². The highest BCUT2D eigenvalue weighted by molar-refractivity contribution is 6.34. The molecule has 1 fully saturated rings. The summed E-state index contributed by atoms with van der Waals surface area (Å²) in [4.78, 5) is 37.2. The van der Waals surface area contributed by atoms with Gasteiger partial charge in [0.1, 0.15) is 0 Å². The predicted molar refractivity (Wildman–Crippen MR) is 84.5 cm³/mol. The number of rotatable bonds is 5. The van der Waals surface area contributed by atoms with E-state index in [1.807, 2.05) is 0 Å². The van der Waals surface area contributed by atoms with E-state index >= 15 is 0 Å². The number of amides is 1. The number of nitrogens with zero attached hydrogens (tertiary/aromatic N) is 1. The van der Waals surface area contributed by atoms with Crippen LogP contribution >= 0.6 is 11.6 Å². The first-order valence-corrected chi connectivity index (χ1v) is 7.79. The molecule has 0 aromatic heterocycles. The van der Waals surface area contributed by atoms with Gasteiger partial charge in [-0.05, 0) is 32.0 Å². The van der Waals surface area contributed by atoms with Gasteiger partial charge >= 0.3 is 11.9 Å². The number of anilines is 1. The molecule has 1 aromatic rings. The molecule has 124 valence electrons. The van der Waals surface area contributed by atoms with Crippen molar-refractivity contribution in [2.75, 3.05) is 24.7 Å². The van der Waals surface area contributed by atoms with E-state index in [0.29, 0.717) is 16.3 Å². The maximum atomic E-state index is 12.2. The van der Waals surface area contributed by atoms with Crippen LogP contribution in [0.1, 0.15) is 30.6 Å². The van der Waals surface area contributed by atoms with Gasteiger partial charge in [0, 0.05) is 13.0 Å². The summed E-state index contributed by atoms with van der Waals surface area (Å²) in [5.74, 6) is -1.64. The number of benzene rings is 1. The fourth-order valence-corrected chi connectivity index (χ4v) is 2.64. The second-order valence-electron chi connectivity index (χ2n) is 5.04. The highest BCUT2D eigenvalue weighted by atomic mass is 35.5. The van der Waals surface area contributed by atoms with Gasteiger partial charge in [0.15, 0.2) is 0 Å². The molecule has 0 unspecified atom stereocenters. The molecule has 2 rings (SSSR count). The molecular formula is C16H18ClNO5. The first-order valence-electron chi connectivity index (χ1n) is 7.41. The summed E-state index contributed by atoms with van der Waals surface area (Å²) in [6.07, 6.45) is 0.0683. The third-order valence-electron chi connectivity index (χ3n) is 3.49. The van der Waals surface area contributed by atoms with E-state index in [-0.39, 0.29) is 32.1 Å². The van der Waals surface area contributed by atoms with E-state index in [9.17, 15) is 14.4 Å². The number of hydrogen-bond donors (Lipinski definition) is 0. The highest BCUT2D eigenvalue weighted by Crippen LogP contribution is 2.32. The Morgan fingerprint density at radius 2 is 1.96 bits per heavy atom. The fourth-order valence-electron chi connectivity index (χ4n) is 2.42. The van der Waals surface area contributed by atoms with E-state index in [2.05, 4.69) is 0 Å². The van der Waals surface area contributed by atoms with Gasteiger partial charge in [0.05, 0.1) is 35.4 Å². The number of carbonyl (C=O) groups is 3. The molecule has 1 saturated heterocycles. The summed E-state index contributed by atoms with van der Waals surface area (Å²) in [6.45, 7) is 4.13. The monoisotopic (exact) mass is 339 g/mol. The molecule has 6 nitrogen and oxygen atoms in total. The van der Waals surface area contributed by atoms with E-state index in [1.54, 1.807) is 13.8 Å². The number of hydrogen-bond acceptors (Lipinski definition) is 5. The van der Waals surface area contributed by atoms with Gasteiger partial charge in [-0.3, -0.25) is 9.59 Å². The fraction of sp³-hybridized carbons (Fsp3) is 0.438. The van der Waals surface area contributed by atoms with Gasteiger partial charge < -0.3 is 14.4 Å². The lowest BCUT2D eigenvalue weighted by Gasteiger charge is -2.18. The summed E-state index contributed by atoms with van der Waals surface area (Å²) in [6, 6.07) is 4.58. The Bertz CT molecular complexity index is 631. The van der Waals surface area contributed by atoms with Crippen LogP contribution in [0, 0.1) is 5.92 Å². The Morgan fingerprint density at radius 1 is 1.26 bits per heavy atom. The smallest absolute Gasteiger partial charge is 0.338 e. The summed E-state index contributed by atoms with van der Waals surface area (Å²) < 4.78 is 9.90. The van der Waals surface area contributed by atoms with Crippen LogP contribution in [-0.2, 0) is 19.1 Å². The van der Waals surface area contributed by atoms with Crippen LogP contribution in [-0.4, -0.2) is 37.6 Å². The minimum Gasteiger partial charge on any atom is -0.466 e. The lowest BCUT2D eigenvalue weighted by atomic mass is 10.1. The third kappa shape index (κ3) is 3.82. The van der Waals surface area contributed by atoms with Crippen LogP contribution in [0.5, 0.6) is 0 Å². The van der Waals surface area contributed by atoms with Gasteiger partial charge in [-0.15, -0.1) is 0 Å². The van der Waals surface area contributed by atoms with Crippen molar-refractivity contribution in [3.8, 4) is 0 Å². The number of halogens is 1. The molecule has 1 aliphatic rings. The molecule has 1 amide bonds. The maximum absolute atomic E-state index is 12.2. The molecule has 1 atom stereocenters. The zero-order valence-electron chi connectivity index (χ0n) is 13.0. The Morgan fingerprint density at radius 3 is 2.61 bits per heavy atom. The van der Waals surface area contributed by atoms with E-state index in [0.717, 1.165) is 0 Å². The van der Waals surface area contributed by atoms with Crippen molar-refractivity contribution in [3.63, 3.8) is 0 Å². The van der Waals surface area contributed by atoms with Gasteiger partial charge in [-0.2, -0.15) is 0 Å². The first-order chi connectivity index (χ1) is 11.0. The summed E-state index contributed by atoms with van der Waals surface area (Å²) >= 11 is 6.15. The predicted octanol–water partition coefficient (Wildman–Crippen LogP) is 2.43. The normalized spacial score (nSPS) is 17.3. The molecule has 0 saturated carbocycles. The standard InChI is InChI=1S/C16H18ClNO5/c1-3-22-15(20)10-5-6-12(17)13(7-10)18-9-11(8-14(18)19)16(21)23-4-2/h5-7,11H,3-4,8-9H2,1-2H3/t11-/m1/s1. The second kappa shape index (κ2) is 7.46. The van der Waals surface area contributed by atoms with Crippen LogP contribution in [0.25, 0.3) is 0 Å². The zero-order chi connectivity index (χ0) is 17.0. The molecule has 0 aliphatic carbocycles. The highest BCUT2D eigenvalue weighted by Gasteiger charge is 2.37. The van der Waals surface area contributed by atoms with Crippen molar-refractivity contribution >= 4 is 35.1 Å².